The summed E-state index contributed by atoms with van der Waals surface area (Å²) in [5, 5.41) is 26.2. The Labute approximate surface area is 145 Å². The first-order valence-corrected chi connectivity index (χ1v) is 7.41. The van der Waals surface area contributed by atoms with Gasteiger partial charge in [-0.25, -0.2) is 5.43 Å². The van der Waals surface area contributed by atoms with Crippen LogP contribution in [0.2, 0.25) is 0 Å². The molecule has 0 aliphatic rings. The highest BCUT2D eigenvalue weighted by atomic mass is 79.9. The Morgan fingerprint density at radius 3 is 2.71 bits per heavy atom. The van der Waals surface area contributed by atoms with Crippen molar-refractivity contribution in [2.45, 2.75) is 0 Å². The molecule has 0 atom stereocenters. The van der Waals surface area contributed by atoms with Crippen molar-refractivity contribution in [2.24, 2.45) is 5.10 Å². The Kier molecular flexibility index (Phi) is 5.85. The van der Waals surface area contributed by atoms with Crippen LogP contribution < -0.4 is 15.3 Å². The van der Waals surface area contributed by atoms with Gasteiger partial charge in [0.15, 0.2) is 6.61 Å². The second-order valence-electron chi connectivity index (χ2n) is 4.50. The number of hydrogen-bond acceptors (Lipinski definition) is 6. The third-order valence-corrected chi connectivity index (χ3v) is 3.36. The number of hydrogen-bond donors (Lipinski definition) is 1. The minimum atomic E-state index is -0.631. The van der Waals surface area contributed by atoms with Gasteiger partial charge in [-0.15, -0.1) is 0 Å². The fourth-order valence-corrected chi connectivity index (χ4v) is 2.14. The lowest BCUT2D eigenvalue weighted by Crippen LogP contribution is -2.24. The van der Waals surface area contributed by atoms with Gasteiger partial charge in [0.25, 0.3) is 11.6 Å². The summed E-state index contributed by atoms with van der Waals surface area (Å²) in [5.41, 5.74) is 1.89. The number of halogens is 1. The Balaban J connectivity index is 1.96. The first kappa shape index (κ1) is 17.4. The van der Waals surface area contributed by atoms with E-state index in [1.165, 1.54) is 0 Å². The van der Waals surface area contributed by atoms with Crippen molar-refractivity contribution in [3.05, 3.63) is 62.6 Å². The van der Waals surface area contributed by atoms with Crippen molar-refractivity contribution < 1.29 is 19.6 Å². The molecule has 0 saturated carbocycles. The van der Waals surface area contributed by atoms with Crippen LogP contribution in [0.25, 0.3) is 0 Å². The van der Waals surface area contributed by atoms with Crippen LogP contribution in [-0.4, -0.2) is 23.7 Å². The van der Waals surface area contributed by atoms with Crippen molar-refractivity contribution in [3.8, 4) is 11.5 Å². The van der Waals surface area contributed by atoms with Crippen molar-refractivity contribution in [1.82, 2.24) is 5.43 Å². The number of nitrogens with zero attached hydrogens (tertiary/aromatic N) is 2. The number of amides is 1. The van der Waals surface area contributed by atoms with E-state index >= 15 is 0 Å². The quantitative estimate of drug-likeness (QED) is 0.458. The van der Waals surface area contributed by atoms with E-state index in [-0.39, 0.29) is 22.3 Å². The van der Waals surface area contributed by atoms with E-state index in [9.17, 15) is 20.0 Å². The third kappa shape index (κ3) is 4.78. The van der Waals surface area contributed by atoms with Gasteiger partial charge in [0, 0.05) is 16.6 Å². The van der Waals surface area contributed by atoms with E-state index in [1.807, 2.05) is 6.07 Å². The minimum absolute atomic E-state index is 0.0275. The molecular weight excluding hydrogens is 382 g/mol. The molecule has 1 amide bonds. The maximum absolute atomic E-state index is 11.8. The van der Waals surface area contributed by atoms with Crippen molar-refractivity contribution in [1.29, 1.82) is 0 Å². The van der Waals surface area contributed by atoms with E-state index in [4.69, 9.17) is 4.74 Å². The molecule has 1 N–H and O–H groups in total. The molecule has 0 radical (unpaired) electrons. The molecule has 9 heteroatoms. The maximum atomic E-state index is 11.8. The summed E-state index contributed by atoms with van der Waals surface area (Å²) in [6.07, 6.45) is 1.04. The molecule has 124 valence electrons. The summed E-state index contributed by atoms with van der Waals surface area (Å²) in [4.78, 5) is 21.7. The molecule has 0 aromatic heterocycles. The SMILES string of the molecule is O=C(COc1ccccc1)N/N=C\c1cc([N+](=O)[O-])cc(Br)c1[O-]. The number of hydrazone groups is 1. The average molecular weight is 393 g/mol. The maximum Gasteiger partial charge on any atom is 0.277 e. The highest BCUT2D eigenvalue weighted by Gasteiger charge is 2.09. The molecule has 0 heterocycles. The molecule has 2 aromatic carbocycles. The van der Waals surface area contributed by atoms with Crippen molar-refractivity contribution >= 4 is 33.7 Å². The second kappa shape index (κ2) is 8.06. The third-order valence-electron chi connectivity index (χ3n) is 2.77. The number of para-hydroxylation sites is 1. The van der Waals surface area contributed by atoms with Crippen LogP contribution in [-0.2, 0) is 4.79 Å². The zero-order valence-electron chi connectivity index (χ0n) is 12.1. The highest BCUT2D eigenvalue weighted by molar-refractivity contribution is 9.10. The van der Waals surface area contributed by atoms with Crippen LogP contribution in [0.3, 0.4) is 0 Å². The van der Waals surface area contributed by atoms with Crippen molar-refractivity contribution in [2.75, 3.05) is 6.61 Å². The molecule has 2 rings (SSSR count). The van der Waals surface area contributed by atoms with Gasteiger partial charge in [-0.05, 0) is 17.7 Å². The summed E-state index contributed by atoms with van der Waals surface area (Å²) in [5.74, 6) is -0.479. The molecule has 0 bridgehead atoms. The highest BCUT2D eigenvalue weighted by Crippen LogP contribution is 2.29. The number of benzene rings is 2. The number of nitro groups is 1. The Hall–Kier alpha value is -2.94. The molecule has 0 aliphatic heterocycles. The van der Waals surface area contributed by atoms with E-state index in [0.29, 0.717) is 5.75 Å². The van der Waals surface area contributed by atoms with E-state index < -0.39 is 16.6 Å². The smallest absolute Gasteiger partial charge is 0.277 e. The summed E-state index contributed by atoms with van der Waals surface area (Å²) >= 11 is 2.95. The van der Waals surface area contributed by atoms with Crippen LogP contribution in [0, 0.1) is 10.1 Å². The van der Waals surface area contributed by atoms with E-state index in [0.717, 1.165) is 18.3 Å². The molecule has 0 aliphatic carbocycles. The predicted octanol–water partition coefficient (Wildman–Crippen LogP) is 1.96. The van der Waals surface area contributed by atoms with Gasteiger partial charge in [-0.2, -0.15) is 5.10 Å². The molecule has 0 saturated heterocycles. The van der Waals surface area contributed by atoms with Gasteiger partial charge in [-0.1, -0.05) is 39.9 Å². The Morgan fingerprint density at radius 2 is 2.04 bits per heavy atom. The van der Waals surface area contributed by atoms with Crippen molar-refractivity contribution in [3.63, 3.8) is 0 Å². The van der Waals surface area contributed by atoms with Crippen LogP contribution in [0.1, 0.15) is 5.56 Å². The fraction of sp³-hybridized carbons (Fsp3) is 0.0667. The molecule has 0 spiro atoms. The zero-order chi connectivity index (χ0) is 17.5. The van der Waals surface area contributed by atoms with Gasteiger partial charge in [0.2, 0.25) is 0 Å². The largest absolute Gasteiger partial charge is 0.871 e. The second-order valence-corrected chi connectivity index (χ2v) is 5.35. The summed E-state index contributed by atoms with van der Waals surface area (Å²) in [6.45, 7) is -0.260. The first-order chi connectivity index (χ1) is 11.5. The number of carbonyl (C=O) groups excluding carboxylic acids is 1. The summed E-state index contributed by atoms with van der Waals surface area (Å²) in [7, 11) is 0. The van der Waals surface area contributed by atoms with Gasteiger partial charge < -0.3 is 9.84 Å². The lowest BCUT2D eigenvalue weighted by molar-refractivity contribution is -0.385. The van der Waals surface area contributed by atoms with E-state index in [1.54, 1.807) is 24.3 Å². The number of carbonyl (C=O) groups is 1. The minimum Gasteiger partial charge on any atom is -0.871 e. The monoisotopic (exact) mass is 392 g/mol. The normalized spacial score (nSPS) is 10.5. The molecule has 0 unspecified atom stereocenters. The van der Waals surface area contributed by atoms with E-state index in [2.05, 4.69) is 26.5 Å². The number of nitro benzene ring substituents is 1. The fourth-order valence-electron chi connectivity index (χ4n) is 1.67. The zero-order valence-corrected chi connectivity index (χ0v) is 13.7. The Bertz CT molecular complexity index is 780. The first-order valence-electron chi connectivity index (χ1n) is 6.62. The number of ether oxygens (including phenoxy) is 1. The van der Waals surface area contributed by atoms with Crippen LogP contribution in [0.4, 0.5) is 5.69 Å². The molecule has 8 nitrogen and oxygen atoms in total. The predicted molar refractivity (Wildman–Crippen MR) is 87.9 cm³/mol. The standard InChI is InChI=1S/C15H12BrN3O5/c16-13-7-11(19(22)23)6-10(15(13)21)8-17-18-14(20)9-24-12-4-2-1-3-5-12/h1-8,21H,9H2,(H,18,20)/p-1/b17-8-. The van der Waals surface area contributed by atoms with Gasteiger partial charge in [-0.3, -0.25) is 14.9 Å². The summed E-state index contributed by atoms with van der Waals surface area (Å²) in [6, 6.07) is 10.9. The number of non-ortho nitro benzene ring substituents is 1. The number of nitrogens with one attached hydrogen (secondary N) is 1. The van der Waals surface area contributed by atoms with Gasteiger partial charge in [0.05, 0.1) is 11.1 Å². The lowest BCUT2D eigenvalue weighted by atomic mass is 10.2. The molecule has 24 heavy (non-hydrogen) atoms. The van der Waals surface area contributed by atoms with Crippen LogP contribution in [0.15, 0.2) is 52.0 Å². The molecule has 0 fully saturated rings. The molecule has 2 aromatic rings. The van der Waals surface area contributed by atoms with Crippen LogP contribution in [0.5, 0.6) is 11.5 Å². The van der Waals surface area contributed by atoms with Crippen LogP contribution >= 0.6 is 15.9 Å². The lowest BCUT2D eigenvalue weighted by Gasteiger charge is -2.12. The van der Waals surface area contributed by atoms with Gasteiger partial charge in [0.1, 0.15) is 5.75 Å². The molecular formula is C15H11BrN3O5-. The topological polar surface area (TPSA) is 117 Å². The van der Waals surface area contributed by atoms with Gasteiger partial charge >= 0.3 is 0 Å². The number of rotatable bonds is 6. The average Bonchev–Trinajstić information content (AvgIpc) is 2.57. The summed E-state index contributed by atoms with van der Waals surface area (Å²) < 4.78 is 5.26. The Morgan fingerprint density at radius 1 is 1.33 bits per heavy atom.